The Balaban J connectivity index is 1.56. The van der Waals surface area contributed by atoms with Crippen molar-refractivity contribution in [1.82, 2.24) is 4.90 Å². The number of amides is 3. The highest BCUT2D eigenvalue weighted by molar-refractivity contribution is 8.18. The van der Waals surface area contributed by atoms with Crippen molar-refractivity contribution in [2.24, 2.45) is 0 Å². The Bertz CT molecular complexity index is 1340. The number of hydrogen-bond acceptors (Lipinski definition) is 6. The van der Waals surface area contributed by atoms with Gasteiger partial charge in [0.2, 0.25) is 5.91 Å². The number of anilines is 1. The predicted molar refractivity (Wildman–Crippen MR) is 139 cm³/mol. The van der Waals surface area contributed by atoms with Crippen LogP contribution in [0.3, 0.4) is 0 Å². The number of fused-ring (bicyclic) bond motifs is 1. The molecule has 3 aromatic carbocycles. The Morgan fingerprint density at radius 1 is 1.11 bits per heavy atom. The third kappa shape index (κ3) is 5.44. The number of rotatable bonds is 8. The summed E-state index contributed by atoms with van der Waals surface area (Å²) < 4.78 is 11.0. The molecular formula is C26H23ClN2O5S. The highest BCUT2D eigenvalue weighted by Crippen LogP contribution is 2.37. The zero-order chi connectivity index (χ0) is 24.9. The molecule has 1 heterocycles. The van der Waals surface area contributed by atoms with Gasteiger partial charge in [0.15, 0.2) is 0 Å². The van der Waals surface area contributed by atoms with Crippen molar-refractivity contribution in [2.75, 3.05) is 25.6 Å². The maximum atomic E-state index is 13.1. The topological polar surface area (TPSA) is 84.9 Å². The van der Waals surface area contributed by atoms with Crippen LogP contribution < -0.4 is 14.8 Å². The summed E-state index contributed by atoms with van der Waals surface area (Å²) in [4.78, 5) is 39.4. The van der Waals surface area contributed by atoms with E-state index >= 15 is 0 Å². The van der Waals surface area contributed by atoms with Gasteiger partial charge in [0.05, 0.1) is 23.6 Å². The summed E-state index contributed by atoms with van der Waals surface area (Å²) in [5.41, 5.74) is 1.15. The quantitative estimate of drug-likeness (QED) is 0.376. The van der Waals surface area contributed by atoms with Crippen LogP contribution in [0.2, 0.25) is 5.02 Å². The standard InChI is InChI=1S/C26H23ClN2O5S/c1-3-12-34-21-10-8-16-6-4-5-7-18(16)19(21)14-23-25(31)29(26(32)35-23)15-24(30)28-17-9-11-22(33-2)20(27)13-17/h4-11,13-14H,3,12,15H2,1-2H3,(H,28,30)/b23-14-. The lowest BCUT2D eigenvalue weighted by Gasteiger charge is -2.13. The van der Waals surface area contributed by atoms with E-state index in [0.29, 0.717) is 28.8 Å². The molecule has 4 rings (SSSR count). The summed E-state index contributed by atoms with van der Waals surface area (Å²) >= 11 is 6.89. The van der Waals surface area contributed by atoms with Crippen LogP contribution >= 0.6 is 23.4 Å². The van der Waals surface area contributed by atoms with E-state index in [1.807, 2.05) is 43.3 Å². The number of hydrogen-bond donors (Lipinski definition) is 1. The average molecular weight is 511 g/mol. The van der Waals surface area contributed by atoms with Crippen LogP contribution in [0.25, 0.3) is 16.8 Å². The van der Waals surface area contributed by atoms with E-state index in [1.165, 1.54) is 13.2 Å². The molecule has 35 heavy (non-hydrogen) atoms. The summed E-state index contributed by atoms with van der Waals surface area (Å²) in [6, 6.07) is 16.3. The van der Waals surface area contributed by atoms with E-state index in [2.05, 4.69) is 5.32 Å². The Morgan fingerprint density at radius 3 is 2.63 bits per heavy atom. The Kier molecular flexibility index (Phi) is 7.63. The van der Waals surface area contributed by atoms with Gasteiger partial charge in [-0.25, -0.2) is 0 Å². The highest BCUT2D eigenvalue weighted by atomic mass is 35.5. The fourth-order valence-corrected chi connectivity index (χ4v) is 4.70. The molecule has 9 heteroatoms. The second kappa shape index (κ2) is 10.8. The maximum absolute atomic E-state index is 13.1. The number of imide groups is 1. The number of carbonyl (C=O) groups excluding carboxylic acids is 3. The maximum Gasteiger partial charge on any atom is 0.294 e. The molecule has 1 aliphatic rings. The van der Waals surface area contributed by atoms with Crippen LogP contribution in [0.4, 0.5) is 10.5 Å². The van der Waals surface area contributed by atoms with Crippen molar-refractivity contribution < 1.29 is 23.9 Å². The molecule has 3 aromatic rings. The number of thioether (sulfide) groups is 1. The zero-order valence-corrected chi connectivity index (χ0v) is 20.7. The van der Waals surface area contributed by atoms with Gasteiger partial charge in [-0.3, -0.25) is 19.3 Å². The SMILES string of the molecule is CCCOc1ccc2ccccc2c1/C=C1\SC(=O)N(CC(=O)Nc2ccc(OC)c(Cl)c2)C1=O. The van der Waals surface area contributed by atoms with E-state index in [-0.39, 0.29) is 4.91 Å². The minimum absolute atomic E-state index is 0.230. The summed E-state index contributed by atoms with van der Waals surface area (Å²) in [5, 5.41) is 4.36. The fraction of sp³-hybridized carbons (Fsp3) is 0.192. The highest BCUT2D eigenvalue weighted by Gasteiger charge is 2.36. The molecule has 0 radical (unpaired) electrons. The summed E-state index contributed by atoms with van der Waals surface area (Å²) in [7, 11) is 1.49. The molecule has 1 aliphatic heterocycles. The minimum atomic E-state index is -0.530. The molecule has 1 saturated heterocycles. The average Bonchev–Trinajstić information content (AvgIpc) is 3.11. The second-order valence-electron chi connectivity index (χ2n) is 7.71. The molecular weight excluding hydrogens is 488 g/mol. The van der Waals surface area contributed by atoms with Gasteiger partial charge in [0.25, 0.3) is 11.1 Å². The van der Waals surface area contributed by atoms with Crippen LogP contribution in [0, 0.1) is 0 Å². The lowest BCUT2D eigenvalue weighted by atomic mass is 10.0. The van der Waals surface area contributed by atoms with E-state index in [9.17, 15) is 14.4 Å². The van der Waals surface area contributed by atoms with Crippen molar-refractivity contribution in [3.8, 4) is 11.5 Å². The first-order valence-corrected chi connectivity index (χ1v) is 12.1. The fourth-order valence-electron chi connectivity index (χ4n) is 3.62. The Labute approximate surface area is 212 Å². The van der Waals surface area contributed by atoms with Gasteiger partial charge in [-0.05, 0) is 59.3 Å². The first-order valence-electron chi connectivity index (χ1n) is 10.9. The lowest BCUT2D eigenvalue weighted by molar-refractivity contribution is -0.127. The van der Waals surface area contributed by atoms with Gasteiger partial charge >= 0.3 is 0 Å². The van der Waals surface area contributed by atoms with Crippen molar-refractivity contribution in [3.63, 3.8) is 0 Å². The van der Waals surface area contributed by atoms with Gasteiger partial charge in [0.1, 0.15) is 18.0 Å². The Morgan fingerprint density at radius 2 is 1.89 bits per heavy atom. The third-order valence-corrected chi connectivity index (χ3v) is 6.48. The smallest absolute Gasteiger partial charge is 0.294 e. The van der Waals surface area contributed by atoms with Crippen molar-refractivity contribution in [1.29, 1.82) is 0 Å². The molecule has 0 unspecified atom stereocenters. The van der Waals surface area contributed by atoms with Crippen LogP contribution in [-0.4, -0.2) is 42.2 Å². The van der Waals surface area contributed by atoms with Crippen LogP contribution in [-0.2, 0) is 9.59 Å². The first kappa shape index (κ1) is 24.6. The zero-order valence-electron chi connectivity index (χ0n) is 19.2. The molecule has 3 amide bonds. The molecule has 0 aliphatic carbocycles. The lowest BCUT2D eigenvalue weighted by Crippen LogP contribution is -2.36. The van der Waals surface area contributed by atoms with Gasteiger partial charge in [0, 0.05) is 11.3 Å². The van der Waals surface area contributed by atoms with Crippen molar-refractivity contribution in [2.45, 2.75) is 13.3 Å². The van der Waals surface area contributed by atoms with Crippen LogP contribution in [0.5, 0.6) is 11.5 Å². The number of methoxy groups -OCH3 is 1. The van der Waals surface area contributed by atoms with Crippen molar-refractivity contribution >= 4 is 63.0 Å². The summed E-state index contributed by atoms with van der Waals surface area (Å²) in [6.07, 6.45) is 2.50. The third-order valence-electron chi connectivity index (χ3n) is 5.28. The normalized spacial score (nSPS) is 14.6. The molecule has 1 fully saturated rings. The molecule has 0 aromatic heterocycles. The number of nitrogens with one attached hydrogen (secondary N) is 1. The minimum Gasteiger partial charge on any atom is -0.495 e. The Hall–Kier alpha value is -3.49. The molecule has 1 N–H and O–H groups in total. The first-order chi connectivity index (χ1) is 16.9. The van der Waals surface area contributed by atoms with E-state index in [1.54, 1.807) is 18.2 Å². The van der Waals surface area contributed by atoms with Crippen molar-refractivity contribution in [3.05, 3.63) is 70.1 Å². The van der Waals surface area contributed by atoms with E-state index in [4.69, 9.17) is 21.1 Å². The second-order valence-corrected chi connectivity index (χ2v) is 9.11. The van der Waals surface area contributed by atoms with Crippen LogP contribution in [0.15, 0.2) is 59.5 Å². The number of nitrogens with zero attached hydrogens (tertiary/aromatic N) is 1. The van der Waals surface area contributed by atoms with Gasteiger partial charge in [-0.1, -0.05) is 48.9 Å². The molecule has 180 valence electrons. The molecule has 7 nitrogen and oxygen atoms in total. The number of benzene rings is 3. The number of halogens is 1. The number of ether oxygens (including phenoxy) is 2. The molecule has 0 bridgehead atoms. The molecule has 0 atom stereocenters. The number of carbonyl (C=O) groups is 3. The molecule has 0 saturated carbocycles. The predicted octanol–water partition coefficient (Wildman–Crippen LogP) is 5.97. The van der Waals surface area contributed by atoms with E-state index < -0.39 is 23.6 Å². The molecule has 0 spiro atoms. The summed E-state index contributed by atoms with van der Waals surface area (Å²) in [6.45, 7) is 2.12. The monoisotopic (exact) mass is 510 g/mol. The van der Waals surface area contributed by atoms with Crippen LogP contribution in [0.1, 0.15) is 18.9 Å². The van der Waals surface area contributed by atoms with Gasteiger partial charge < -0.3 is 14.8 Å². The van der Waals surface area contributed by atoms with Gasteiger partial charge in [-0.15, -0.1) is 0 Å². The summed E-state index contributed by atoms with van der Waals surface area (Å²) in [5.74, 6) is 0.0483. The van der Waals surface area contributed by atoms with Gasteiger partial charge in [-0.2, -0.15) is 0 Å². The largest absolute Gasteiger partial charge is 0.495 e. The van der Waals surface area contributed by atoms with E-state index in [0.717, 1.165) is 39.4 Å².